The number of likely N-dealkylation sites (N-methyl/N-ethyl adjacent to an activating group) is 1. The van der Waals surface area contributed by atoms with Gasteiger partial charge in [-0.15, -0.1) is 0 Å². The lowest BCUT2D eigenvalue weighted by atomic mass is 9.96. The molecule has 3 amide bonds. The van der Waals surface area contributed by atoms with Gasteiger partial charge in [-0.3, -0.25) is 19.3 Å². The van der Waals surface area contributed by atoms with E-state index in [2.05, 4.69) is 5.32 Å². The van der Waals surface area contributed by atoms with E-state index in [9.17, 15) is 22.8 Å². The lowest BCUT2D eigenvalue weighted by Crippen LogP contribution is -2.76. The molecule has 1 N–H and O–H groups in total. The van der Waals surface area contributed by atoms with Gasteiger partial charge in [-0.1, -0.05) is 46.9 Å². The van der Waals surface area contributed by atoms with E-state index in [0.29, 0.717) is 11.4 Å². The number of fused-ring (bicyclic) bond motifs is 1. The predicted molar refractivity (Wildman–Crippen MR) is 164 cm³/mol. The topological polar surface area (TPSA) is 110 Å². The maximum absolute atomic E-state index is 14.3. The van der Waals surface area contributed by atoms with Crippen molar-refractivity contribution in [2.24, 2.45) is 0 Å². The van der Waals surface area contributed by atoms with E-state index in [4.69, 9.17) is 34.8 Å². The number of nitrogens with zero attached hydrogens (tertiary/aromatic N) is 4. The van der Waals surface area contributed by atoms with Crippen molar-refractivity contribution in [3.8, 4) is 0 Å². The number of piperazine rings is 1. The summed E-state index contributed by atoms with van der Waals surface area (Å²) in [5.74, 6) is -1.18. The van der Waals surface area contributed by atoms with Crippen LogP contribution in [0.4, 0.5) is 0 Å². The number of carbonyl (C=O) groups is 3. The van der Waals surface area contributed by atoms with Crippen molar-refractivity contribution in [2.45, 2.75) is 68.3 Å². The third-order valence-electron chi connectivity index (χ3n) is 8.42. The highest BCUT2D eigenvalue weighted by molar-refractivity contribution is 7.89. The SMILES string of the molecule is CC(C)N1CC2N(C(=O)C(NC(=O)C3CCCN3C)CN2S(=O)(=O)c2ccc(Cl)cc2Cl)C(Cc2ccc(Cl)cc2)C1=O. The van der Waals surface area contributed by atoms with Crippen molar-refractivity contribution in [3.63, 3.8) is 0 Å². The summed E-state index contributed by atoms with van der Waals surface area (Å²) in [5.41, 5.74) is 0.744. The summed E-state index contributed by atoms with van der Waals surface area (Å²) >= 11 is 18.5. The minimum absolute atomic E-state index is 0.0458. The van der Waals surface area contributed by atoms with Gasteiger partial charge in [0.15, 0.2) is 0 Å². The Balaban J connectivity index is 1.59. The Morgan fingerprint density at radius 1 is 1.00 bits per heavy atom. The summed E-state index contributed by atoms with van der Waals surface area (Å²) in [4.78, 5) is 46.2. The minimum atomic E-state index is -4.34. The van der Waals surface area contributed by atoms with Crippen molar-refractivity contribution >= 4 is 62.5 Å². The molecule has 43 heavy (non-hydrogen) atoms. The van der Waals surface area contributed by atoms with Gasteiger partial charge >= 0.3 is 0 Å². The molecular weight excluding hydrogens is 637 g/mol. The lowest BCUT2D eigenvalue weighted by Gasteiger charge is -2.54. The normalized spacial score (nSPS) is 25.4. The van der Waals surface area contributed by atoms with Crippen LogP contribution >= 0.6 is 34.8 Å². The van der Waals surface area contributed by atoms with Crippen LogP contribution in [0.25, 0.3) is 0 Å². The number of halogens is 3. The van der Waals surface area contributed by atoms with Crippen molar-refractivity contribution in [2.75, 3.05) is 26.7 Å². The van der Waals surface area contributed by atoms with Crippen molar-refractivity contribution < 1.29 is 22.8 Å². The molecule has 0 aromatic heterocycles. The van der Waals surface area contributed by atoms with E-state index < -0.39 is 40.2 Å². The fourth-order valence-corrected chi connectivity index (χ4v) is 8.60. The first-order valence-corrected chi connectivity index (χ1v) is 16.7. The van der Waals surface area contributed by atoms with Crippen LogP contribution in [-0.2, 0) is 30.8 Å². The summed E-state index contributed by atoms with van der Waals surface area (Å²) in [5, 5.41) is 3.53. The summed E-state index contributed by atoms with van der Waals surface area (Å²) in [6.45, 7) is 4.05. The van der Waals surface area contributed by atoms with E-state index in [1.54, 1.807) is 29.2 Å². The molecule has 10 nitrogen and oxygen atoms in total. The molecule has 3 saturated heterocycles. The van der Waals surface area contributed by atoms with Gasteiger partial charge in [0.05, 0.1) is 17.6 Å². The largest absolute Gasteiger partial charge is 0.342 e. The molecule has 4 unspecified atom stereocenters. The fourth-order valence-electron chi connectivity index (χ4n) is 6.14. The van der Waals surface area contributed by atoms with Gasteiger partial charge in [0, 0.05) is 29.1 Å². The summed E-state index contributed by atoms with van der Waals surface area (Å²) in [6.07, 6.45) is 0.547. The number of sulfonamides is 1. The van der Waals surface area contributed by atoms with Gasteiger partial charge in [0.2, 0.25) is 27.7 Å². The second kappa shape index (κ2) is 12.5. The molecule has 232 valence electrons. The number of likely N-dealkylation sites (tertiary alicyclic amines) is 1. The Morgan fingerprint density at radius 2 is 1.67 bits per heavy atom. The van der Waals surface area contributed by atoms with Gasteiger partial charge < -0.3 is 15.1 Å². The predicted octanol–water partition coefficient (Wildman–Crippen LogP) is 3.25. The average molecular weight is 671 g/mol. The smallest absolute Gasteiger partial charge is 0.248 e. The van der Waals surface area contributed by atoms with E-state index in [0.717, 1.165) is 18.5 Å². The van der Waals surface area contributed by atoms with E-state index in [1.165, 1.54) is 27.4 Å². The van der Waals surface area contributed by atoms with Gasteiger partial charge in [-0.05, 0) is 76.2 Å². The van der Waals surface area contributed by atoms with Gasteiger partial charge in [-0.2, -0.15) is 4.31 Å². The third-order valence-corrected chi connectivity index (χ3v) is 11.3. The Kier molecular flexibility index (Phi) is 9.33. The monoisotopic (exact) mass is 669 g/mol. The molecule has 3 fully saturated rings. The molecule has 14 heteroatoms. The maximum atomic E-state index is 14.3. The zero-order chi connectivity index (χ0) is 31.2. The van der Waals surface area contributed by atoms with Crippen LogP contribution in [-0.4, -0.2) is 102 Å². The maximum Gasteiger partial charge on any atom is 0.248 e. The van der Waals surface area contributed by atoms with Crippen molar-refractivity contribution in [1.82, 2.24) is 24.3 Å². The highest BCUT2D eigenvalue weighted by atomic mass is 35.5. The number of hydrogen-bond acceptors (Lipinski definition) is 6. The van der Waals surface area contributed by atoms with E-state index in [1.807, 2.05) is 25.8 Å². The minimum Gasteiger partial charge on any atom is -0.342 e. The standard InChI is InChI=1S/C29H34Cl3N5O5S/c1-17(2)35-16-26-36(43(41,42)25-11-10-20(31)14-21(25)32)15-22(33-27(38)23-5-4-12-34(23)3)28(39)37(26)24(29(35)40)13-18-6-8-19(30)9-7-18/h6-11,14,17,22-24,26H,4-5,12-13,15-16H2,1-3H3,(H,33,38). The summed E-state index contributed by atoms with van der Waals surface area (Å²) in [7, 11) is -2.50. The number of nitrogens with one attached hydrogen (secondary N) is 1. The molecule has 2 aromatic rings. The Bertz CT molecular complexity index is 1520. The number of carbonyl (C=O) groups excluding carboxylic acids is 3. The molecule has 0 saturated carbocycles. The first-order chi connectivity index (χ1) is 20.3. The van der Waals surface area contributed by atoms with Crippen molar-refractivity contribution in [3.05, 3.63) is 63.1 Å². The Hall–Kier alpha value is -2.41. The van der Waals surface area contributed by atoms with E-state index >= 15 is 0 Å². The van der Waals surface area contributed by atoms with Gasteiger partial charge in [-0.25, -0.2) is 8.42 Å². The van der Waals surface area contributed by atoms with Gasteiger partial charge in [0.25, 0.3) is 0 Å². The fraction of sp³-hybridized carbons (Fsp3) is 0.483. The number of benzene rings is 2. The molecule has 4 atom stereocenters. The summed E-state index contributed by atoms with van der Waals surface area (Å²) in [6, 6.07) is 8.06. The van der Waals surface area contributed by atoms with Crippen LogP contribution in [0.2, 0.25) is 15.1 Å². The number of amides is 3. The molecule has 0 bridgehead atoms. The molecule has 0 radical (unpaired) electrons. The first-order valence-electron chi connectivity index (χ1n) is 14.1. The van der Waals surface area contributed by atoms with Crippen LogP contribution < -0.4 is 5.32 Å². The zero-order valence-electron chi connectivity index (χ0n) is 24.0. The molecule has 3 aliphatic heterocycles. The number of hydrogen-bond donors (Lipinski definition) is 1. The van der Waals surface area contributed by atoms with Crippen LogP contribution in [0.1, 0.15) is 32.3 Å². The summed E-state index contributed by atoms with van der Waals surface area (Å²) < 4.78 is 29.8. The second-order valence-corrected chi connectivity index (χ2v) is 14.6. The highest BCUT2D eigenvalue weighted by Gasteiger charge is 2.54. The van der Waals surface area contributed by atoms with Crippen molar-refractivity contribution in [1.29, 1.82) is 0 Å². The Morgan fingerprint density at radius 3 is 2.28 bits per heavy atom. The van der Waals surface area contributed by atoms with Crippen LogP contribution in [0.3, 0.4) is 0 Å². The molecule has 2 aromatic carbocycles. The van der Waals surface area contributed by atoms with Crippen LogP contribution in [0, 0.1) is 0 Å². The van der Waals surface area contributed by atoms with Crippen LogP contribution in [0.15, 0.2) is 47.4 Å². The highest BCUT2D eigenvalue weighted by Crippen LogP contribution is 2.35. The molecule has 0 spiro atoms. The van der Waals surface area contributed by atoms with Crippen LogP contribution in [0.5, 0.6) is 0 Å². The quantitative estimate of drug-likeness (QED) is 0.485. The average Bonchev–Trinajstić information content (AvgIpc) is 3.38. The molecule has 0 aliphatic carbocycles. The first kappa shape index (κ1) is 32.0. The Labute approximate surface area is 266 Å². The lowest BCUT2D eigenvalue weighted by molar-refractivity contribution is -0.169. The second-order valence-electron chi connectivity index (χ2n) is 11.5. The molecule has 3 aliphatic rings. The molecule has 5 rings (SSSR count). The third kappa shape index (κ3) is 6.25. The zero-order valence-corrected chi connectivity index (χ0v) is 27.1. The van der Waals surface area contributed by atoms with Gasteiger partial charge in [0.1, 0.15) is 23.1 Å². The molecular formula is C29H34Cl3N5O5S. The van der Waals surface area contributed by atoms with E-state index in [-0.39, 0.29) is 52.3 Å². The number of rotatable bonds is 7. The molecule has 3 heterocycles.